The van der Waals surface area contributed by atoms with Crippen LogP contribution in [0, 0.1) is 0 Å². The van der Waals surface area contributed by atoms with Crippen molar-refractivity contribution in [3.8, 4) is 11.3 Å². The van der Waals surface area contributed by atoms with Gasteiger partial charge in [0, 0.05) is 35.9 Å². The molecule has 2 aromatic heterocycles. The molecule has 0 aliphatic carbocycles. The fourth-order valence-corrected chi connectivity index (χ4v) is 3.27. The number of aromatic nitrogens is 2. The first-order valence-electron chi connectivity index (χ1n) is 8.63. The lowest BCUT2D eigenvalue weighted by Crippen LogP contribution is -2.37. The highest BCUT2D eigenvalue weighted by Gasteiger charge is 2.17. The molecule has 27 heavy (non-hydrogen) atoms. The number of hydrogen-bond acceptors (Lipinski definition) is 4. The van der Waals surface area contributed by atoms with Crippen LogP contribution in [0.4, 0.5) is 0 Å². The Morgan fingerprint density at radius 1 is 1.19 bits per heavy atom. The fraction of sp³-hybridized carbons (Fsp3) is 0.250. The molecular formula is C20H22Cl2N4O. The summed E-state index contributed by atoms with van der Waals surface area (Å²) in [6.07, 6.45) is 5.77. The van der Waals surface area contributed by atoms with Gasteiger partial charge in [-0.05, 0) is 43.7 Å². The van der Waals surface area contributed by atoms with Crippen molar-refractivity contribution in [1.82, 2.24) is 20.6 Å². The molecule has 1 fully saturated rings. The molecule has 0 radical (unpaired) electrons. The zero-order valence-corrected chi connectivity index (χ0v) is 16.4. The third-order valence-electron chi connectivity index (χ3n) is 4.59. The molecular weight excluding hydrogens is 383 g/mol. The number of para-hydroxylation sites is 1. The second-order valence-corrected chi connectivity index (χ2v) is 6.32. The molecule has 1 aliphatic heterocycles. The van der Waals surface area contributed by atoms with Crippen LogP contribution in [0.2, 0.25) is 0 Å². The van der Waals surface area contributed by atoms with E-state index in [4.69, 9.17) is 4.98 Å². The predicted octanol–water partition coefficient (Wildman–Crippen LogP) is 3.62. The number of benzene rings is 1. The van der Waals surface area contributed by atoms with Gasteiger partial charge in [0.2, 0.25) is 0 Å². The number of hydrogen-bond donors (Lipinski definition) is 2. The van der Waals surface area contributed by atoms with Crippen molar-refractivity contribution < 1.29 is 4.79 Å². The predicted molar refractivity (Wildman–Crippen MR) is 113 cm³/mol. The standard InChI is InChI=1S/C20H20N4O.2ClH/c25-20(23-13-15-6-4-10-22-15)17-11-19(14-5-3-9-21-12-14)24-18-8-2-1-7-16(17)18;;/h1-3,5,7-9,11-12,15,22H,4,6,10,13H2,(H,23,25);2*1H. The summed E-state index contributed by atoms with van der Waals surface area (Å²) < 4.78 is 0. The van der Waals surface area contributed by atoms with Crippen LogP contribution < -0.4 is 10.6 Å². The number of nitrogens with zero attached hydrogens (tertiary/aromatic N) is 2. The zero-order chi connectivity index (χ0) is 17.1. The summed E-state index contributed by atoms with van der Waals surface area (Å²) in [5, 5.41) is 7.34. The number of fused-ring (bicyclic) bond motifs is 1. The number of carbonyl (C=O) groups excluding carboxylic acids is 1. The van der Waals surface area contributed by atoms with Crippen LogP contribution in [0.5, 0.6) is 0 Å². The monoisotopic (exact) mass is 404 g/mol. The van der Waals surface area contributed by atoms with Crippen LogP contribution in [0.25, 0.3) is 22.2 Å². The van der Waals surface area contributed by atoms with Gasteiger partial charge in [-0.15, -0.1) is 24.8 Å². The maximum absolute atomic E-state index is 12.8. The normalized spacial score (nSPS) is 15.6. The average Bonchev–Trinajstić information content (AvgIpc) is 3.19. The van der Waals surface area contributed by atoms with Gasteiger partial charge in [0.25, 0.3) is 5.91 Å². The molecule has 1 aliphatic rings. The van der Waals surface area contributed by atoms with Gasteiger partial charge < -0.3 is 10.6 Å². The van der Waals surface area contributed by atoms with Crippen molar-refractivity contribution in [3.05, 3.63) is 60.4 Å². The molecule has 1 amide bonds. The molecule has 7 heteroatoms. The smallest absolute Gasteiger partial charge is 0.252 e. The van der Waals surface area contributed by atoms with Crippen molar-refractivity contribution in [2.24, 2.45) is 0 Å². The minimum Gasteiger partial charge on any atom is -0.350 e. The van der Waals surface area contributed by atoms with Crippen LogP contribution in [-0.2, 0) is 0 Å². The number of pyridine rings is 2. The van der Waals surface area contributed by atoms with Crippen molar-refractivity contribution in [2.45, 2.75) is 18.9 Å². The highest BCUT2D eigenvalue weighted by atomic mass is 35.5. The molecule has 4 rings (SSSR count). The van der Waals surface area contributed by atoms with Crippen molar-refractivity contribution in [1.29, 1.82) is 0 Å². The quantitative estimate of drug-likeness (QED) is 0.696. The van der Waals surface area contributed by atoms with Crippen LogP contribution in [0.3, 0.4) is 0 Å². The maximum atomic E-state index is 12.8. The SMILES string of the molecule is Cl.Cl.O=C(NCC1CCCN1)c1cc(-c2cccnc2)nc2ccccc12. The number of nitrogens with one attached hydrogen (secondary N) is 2. The molecule has 2 N–H and O–H groups in total. The summed E-state index contributed by atoms with van der Waals surface area (Å²) in [4.78, 5) is 21.7. The first kappa shape index (κ1) is 21.1. The number of carbonyl (C=O) groups is 1. The van der Waals surface area contributed by atoms with Crippen molar-refractivity contribution >= 4 is 41.6 Å². The van der Waals surface area contributed by atoms with E-state index >= 15 is 0 Å². The van der Waals surface area contributed by atoms with Gasteiger partial charge >= 0.3 is 0 Å². The molecule has 1 saturated heterocycles. The van der Waals surface area contributed by atoms with E-state index in [2.05, 4.69) is 15.6 Å². The second-order valence-electron chi connectivity index (χ2n) is 6.32. The second kappa shape index (κ2) is 9.65. The minimum atomic E-state index is -0.0579. The Morgan fingerprint density at radius 2 is 2.04 bits per heavy atom. The van der Waals surface area contributed by atoms with Gasteiger partial charge in [0.1, 0.15) is 0 Å². The van der Waals surface area contributed by atoms with Gasteiger partial charge in [-0.25, -0.2) is 4.98 Å². The lowest BCUT2D eigenvalue weighted by molar-refractivity contribution is 0.0952. The zero-order valence-electron chi connectivity index (χ0n) is 14.7. The Labute approximate surface area is 170 Å². The fourth-order valence-electron chi connectivity index (χ4n) is 3.27. The Balaban J connectivity index is 0.00000131. The van der Waals surface area contributed by atoms with Crippen LogP contribution in [-0.4, -0.2) is 35.0 Å². The molecule has 5 nitrogen and oxygen atoms in total. The highest BCUT2D eigenvalue weighted by Crippen LogP contribution is 2.24. The van der Waals surface area contributed by atoms with Gasteiger partial charge in [-0.1, -0.05) is 18.2 Å². The van der Waals surface area contributed by atoms with E-state index < -0.39 is 0 Å². The van der Waals surface area contributed by atoms with E-state index in [1.807, 2.05) is 42.5 Å². The molecule has 1 aromatic carbocycles. The summed E-state index contributed by atoms with van der Waals surface area (Å²) in [7, 11) is 0. The van der Waals surface area contributed by atoms with Gasteiger partial charge in [-0.2, -0.15) is 0 Å². The third kappa shape index (κ3) is 4.75. The summed E-state index contributed by atoms with van der Waals surface area (Å²) >= 11 is 0. The summed E-state index contributed by atoms with van der Waals surface area (Å²) in [6, 6.07) is 13.8. The van der Waals surface area contributed by atoms with Crippen LogP contribution in [0.15, 0.2) is 54.9 Å². The molecule has 1 unspecified atom stereocenters. The molecule has 1 atom stereocenters. The number of halogens is 2. The van der Waals surface area contributed by atoms with E-state index in [1.165, 1.54) is 6.42 Å². The minimum absolute atomic E-state index is 0. The van der Waals surface area contributed by atoms with Gasteiger partial charge in [0.15, 0.2) is 0 Å². The molecule has 0 spiro atoms. The Hall–Kier alpha value is -2.21. The topological polar surface area (TPSA) is 66.9 Å². The molecule has 0 saturated carbocycles. The maximum Gasteiger partial charge on any atom is 0.252 e. The van der Waals surface area contributed by atoms with E-state index in [1.54, 1.807) is 12.4 Å². The third-order valence-corrected chi connectivity index (χ3v) is 4.59. The largest absolute Gasteiger partial charge is 0.350 e. The summed E-state index contributed by atoms with van der Waals surface area (Å²) in [5.74, 6) is -0.0579. The van der Waals surface area contributed by atoms with E-state index in [-0.39, 0.29) is 30.7 Å². The summed E-state index contributed by atoms with van der Waals surface area (Å²) in [5.41, 5.74) is 3.13. The Bertz CT molecular complexity index is 899. The van der Waals surface area contributed by atoms with Crippen LogP contribution in [0.1, 0.15) is 23.2 Å². The molecule has 3 heterocycles. The lowest BCUT2D eigenvalue weighted by Gasteiger charge is -2.13. The molecule has 0 bridgehead atoms. The van der Waals surface area contributed by atoms with E-state index in [0.29, 0.717) is 18.2 Å². The van der Waals surface area contributed by atoms with E-state index in [0.717, 1.165) is 35.1 Å². The lowest BCUT2D eigenvalue weighted by atomic mass is 10.0. The Kier molecular flexibility index (Phi) is 7.54. The van der Waals surface area contributed by atoms with E-state index in [9.17, 15) is 4.79 Å². The molecule has 142 valence electrons. The summed E-state index contributed by atoms with van der Waals surface area (Å²) in [6.45, 7) is 1.68. The number of rotatable bonds is 4. The van der Waals surface area contributed by atoms with Crippen molar-refractivity contribution in [3.63, 3.8) is 0 Å². The van der Waals surface area contributed by atoms with Gasteiger partial charge in [0.05, 0.1) is 16.8 Å². The number of amides is 1. The van der Waals surface area contributed by atoms with Gasteiger partial charge in [-0.3, -0.25) is 9.78 Å². The first-order valence-corrected chi connectivity index (χ1v) is 8.63. The van der Waals surface area contributed by atoms with Crippen LogP contribution >= 0.6 is 24.8 Å². The van der Waals surface area contributed by atoms with Crippen molar-refractivity contribution in [2.75, 3.05) is 13.1 Å². The average molecular weight is 405 g/mol. The highest BCUT2D eigenvalue weighted by molar-refractivity contribution is 6.07. The first-order chi connectivity index (χ1) is 12.3. The Morgan fingerprint density at radius 3 is 2.78 bits per heavy atom. The molecule has 3 aromatic rings.